The average Bonchev–Trinajstić information content (AvgIpc) is 2.34. The number of esters is 4. The van der Waals surface area contributed by atoms with Crippen LogP contribution < -0.4 is 0 Å². The van der Waals surface area contributed by atoms with Gasteiger partial charge < -0.3 is 24.4 Å². The molecule has 0 unspecified atom stereocenters. The highest BCUT2D eigenvalue weighted by Gasteiger charge is 2.33. The third kappa shape index (κ3) is 8.80. The molecule has 0 rings (SSSR count). The topological polar surface area (TPSA) is 171 Å². The van der Waals surface area contributed by atoms with E-state index >= 15 is 0 Å². The number of carbonyl (C=O) groups is 6. The van der Waals surface area contributed by atoms with Crippen LogP contribution in [0.5, 0.6) is 0 Å². The van der Waals surface area contributed by atoms with Crippen molar-refractivity contribution in [3.63, 3.8) is 0 Å². The molecule has 0 aliphatic rings. The Kier molecular flexibility index (Phi) is 7.94. The summed E-state index contributed by atoms with van der Waals surface area (Å²) in [5.74, 6) is -8.08. The number of aliphatic carboxylic acids is 2. The summed E-state index contributed by atoms with van der Waals surface area (Å²) in [6.07, 6.45) is -5.75. The lowest BCUT2D eigenvalue weighted by Crippen LogP contribution is -2.37. The molecular formula is C12H14O11. The van der Waals surface area contributed by atoms with Crippen LogP contribution in [0, 0.1) is 0 Å². The molecular weight excluding hydrogens is 320 g/mol. The summed E-state index contributed by atoms with van der Waals surface area (Å²) in [7, 11) is 0. The molecule has 0 aromatic rings. The van der Waals surface area contributed by atoms with Gasteiger partial charge in [-0.15, -0.1) is 0 Å². The van der Waals surface area contributed by atoms with Crippen molar-refractivity contribution in [3.8, 4) is 0 Å². The molecule has 0 aliphatic heterocycles. The van der Waals surface area contributed by atoms with E-state index in [2.05, 4.69) is 14.2 Å². The van der Waals surface area contributed by atoms with Crippen LogP contribution in [0.25, 0.3) is 0 Å². The van der Waals surface area contributed by atoms with Crippen molar-refractivity contribution in [2.75, 3.05) is 0 Å². The van der Waals surface area contributed by atoms with E-state index in [1.165, 1.54) is 0 Å². The van der Waals surface area contributed by atoms with E-state index in [1.807, 2.05) is 0 Å². The Balaban J connectivity index is 4.99. The van der Waals surface area contributed by atoms with Crippen molar-refractivity contribution in [1.82, 2.24) is 0 Å². The second-order valence-electron chi connectivity index (χ2n) is 4.13. The molecule has 0 saturated carbocycles. The fourth-order valence-electron chi connectivity index (χ4n) is 1.29. The molecule has 128 valence electrons. The molecule has 0 heterocycles. The van der Waals surface area contributed by atoms with Gasteiger partial charge in [0.05, 0.1) is 12.8 Å². The van der Waals surface area contributed by atoms with Gasteiger partial charge in [-0.2, -0.15) is 0 Å². The molecule has 0 aliphatic carbocycles. The summed E-state index contributed by atoms with van der Waals surface area (Å²) < 4.78 is 13.0. The number of rotatable bonds is 8. The number of carboxylic acids is 2. The van der Waals surface area contributed by atoms with E-state index in [9.17, 15) is 28.8 Å². The molecule has 23 heavy (non-hydrogen) atoms. The van der Waals surface area contributed by atoms with Crippen molar-refractivity contribution in [1.29, 1.82) is 0 Å². The molecule has 2 N–H and O–H groups in total. The minimum absolute atomic E-state index is 0.899. The lowest BCUT2D eigenvalue weighted by Gasteiger charge is -2.16. The molecule has 0 amide bonds. The van der Waals surface area contributed by atoms with Crippen molar-refractivity contribution in [3.05, 3.63) is 0 Å². The maximum absolute atomic E-state index is 11.6. The first-order valence-corrected chi connectivity index (χ1v) is 6.06. The SMILES string of the molecule is CC(=O)O[C@@H](CC(=O)O)C(=O)OC(=O)[C@H](CC(=O)O)OC(C)=O. The first kappa shape index (κ1) is 20.0. The second kappa shape index (κ2) is 9.12. The van der Waals surface area contributed by atoms with Gasteiger partial charge >= 0.3 is 35.8 Å². The summed E-state index contributed by atoms with van der Waals surface area (Å²) in [5, 5.41) is 17.2. The smallest absolute Gasteiger partial charge is 0.355 e. The normalized spacial score (nSPS) is 12.4. The molecule has 0 radical (unpaired) electrons. The maximum Gasteiger partial charge on any atom is 0.355 e. The standard InChI is InChI=1S/C12H14O11/c1-5(13)21-7(3-9(15)16)11(19)23-12(20)8(4-10(17)18)22-6(2)14/h7-8H,3-4H2,1-2H3,(H,15,16)(H,17,18)/t7-,8-/m0/s1. The first-order valence-electron chi connectivity index (χ1n) is 6.06. The van der Waals surface area contributed by atoms with Gasteiger partial charge in [0.25, 0.3) is 0 Å². The van der Waals surface area contributed by atoms with Crippen LogP contribution in [-0.4, -0.2) is 58.2 Å². The van der Waals surface area contributed by atoms with Crippen LogP contribution in [0.4, 0.5) is 0 Å². The van der Waals surface area contributed by atoms with Gasteiger partial charge in [-0.1, -0.05) is 0 Å². The largest absolute Gasteiger partial charge is 0.481 e. The molecule has 0 aromatic carbocycles. The molecule has 0 saturated heterocycles. The van der Waals surface area contributed by atoms with E-state index in [0.29, 0.717) is 0 Å². The molecule has 0 spiro atoms. The molecule has 2 atom stereocenters. The molecule has 0 fully saturated rings. The number of hydrogen-bond donors (Lipinski definition) is 2. The van der Waals surface area contributed by atoms with Crippen LogP contribution in [-0.2, 0) is 43.0 Å². The molecule has 0 bridgehead atoms. The number of carbonyl (C=O) groups excluding carboxylic acids is 4. The Bertz CT molecular complexity index is 443. The van der Waals surface area contributed by atoms with Gasteiger partial charge in [-0.3, -0.25) is 19.2 Å². The monoisotopic (exact) mass is 334 g/mol. The van der Waals surface area contributed by atoms with Gasteiger partial charge in [0.15, 0.2) is 0 Å². The zero-order valence-electron chi connectivity index (χ0n) is 12.1. The zero-order chi connectivity index (χ0) is 18.2. The Hall–Kier alpha value is -2.98. The molecule has 11 nitrogen and oxygen atoms in total. The summed E-state index contributed by atoms with van der Waals surface area (Å²) in [4.78, 5) is 66.0. The van der Waals surface area contributed by atoms with Gasteiger partial charge in [0.2, 0.25) is 12.2 Å². The number of ether oxygens (including phenoxy) is 3. The van der Waals surface area contributed by atoms with E-state index in [-0.39, 0.29) is 0 Å². The Morgan fingerprint density at radius 3 is 1.26 bits per heavy atom. The summed E-state index contributed by atoms with van der Waals surface area (Å²) >= 11 is 0. The van der Waals surface area contributed by atoms with Crippen LogP contribution in [0.2, 0.25) is 0 Å². The van der Waals surface area contributed by atoms with Crippen molar-refractivity contribution < 1.29 is 53.2 Å². The van der Waals surface area contributed by atoms with Gasteiger partial charge in [-0.05, 0) is 0 Å². The van der Waals surface area contributed by atoms with E-state index in [1.54, 1.807) is 0 Å². The maximum atomic E-state index is 11.6. The fourth-order valence-corrected chi connectivity index (χ4v) is 1.29. The Morgan fingerprint density at radius 1 is 0.739 bits per heavy atom. The average molecular weight is 334 g/mol. The second-order valence-corrected chi connectivity index (χ2v) is 4.13. The van der Waals surface area contributed by atoms with Crippen LogP contribution in [0.1, 0.15) is 26.7 Å². The molecule has 11 heteroatoms. The molecule has 0 aromatic heterocycles. The highest BCUT2D eigenvalue weighted by atomic mass is 16.6. The summed E-state index contributed by atoms with van der Waals surface area (Å²) in [6.45, 7) is 1.80. The summed E-state index contributed by atoms with van der Waals surface area (Å²) in [6, 6.07) is 0. The number of carboxylic acid groups (broad SMARTS) is 2. The van der Waals surface area contributed by atoms with Gasteiger partial charge in [0.1, 0.15) is 0 Å². The van der Waals surface area contributed by atoms with E-state index in [4.69, 9.17) is 10.2 Å². The Labute approximate surface area is 129 Å². The van der Waals surface area contributed by atoms with Crippen LogP contribution >= 0.6 is 0 Å². The van der Waals surface area contributed by atoms with Crippen LogP contribution in [0.3, 0.4) is 0 Å². The minimum atomic E-state index is -1.91. The third-order valence-electron chi connectivity index (χ3n) is 2.06. The minimum Gasteiger partial charge on any atom is -0.481 e. The fraction of sp³-hybridized carbons (Fsp3) is 0.500. The lowest BCUT2D eigenvalue weighted by molar-refractivity contribution is -0.183. The quantitative estimate of drug-likeness (QED) is 0.312. The first-order chi connectivity index (χ1) is 10.5. The lowest BCUT2D eigenvalue weighted by atomic mass is 10.2. The highest BCUT2D eigenvalue weighted by molar-refractivity contribution is 5.94. The number of hydrogen-bond acceptors (Lipinski definition) is 9. The predicted octanol–water partition coefficient (Wildman–Crippen LogP) is -1.13. The van der Waals surface area contributed by atoms with Crippen molar-refractivity contribution in [2.24, 2.45) is 0 Å². The van der Waals surface area contributed by atoms with Gasteiger partial charge in [0, 0.05) is 13.8 Å². The highest BCUT2D eigenvalue weighted by Crippen LogP contribution is 2.08. The predicted molar refractivity (Wildman–Crippen MR) is 66.7 cm³/mol. The van der Waals surface area contributed by atoms with Crippen LogP contribution in [0.15, 0.2) is 0 Å². The van der Waals surface area contributed by atoms with E-state index < -0.39 is 60.9 Å². The summed E-state index contributed by atoms with van der Waals surface area (Å²) in [5.41, 5.74) is 0. The van der Waals surface area contributed by atoms with Crippen molar-refractivity contribution >= 4 is 35.8 Å². The van der Waals surface area contributed by atoms with E-state index in [0.717, 1.165) is 13.8 Å². The zero-order valence-corrected chi connectivity index (χ0v) is 12.1. The van der Waals surface area contributed by atoms with Gasteiger partial charge in [-0.25, -0.2) is 9.59 Å². The third-order valence-corrected chi connectivity index (χ3v) is 2.06. The van der Waals surface area contributed by atoms with Crippen molar-refractivity contribution in [2.45, 2.75) is 38.9 Å². The Morgan fingerprint density at radius 2 is 1.04 bits per heavy atom.